The van der Waals surface area contributed by atoms with Gasteiger partial charge in [-0.25, -0.2) is 0 Å². The molecule has 2 aromatic rings. The van der Waals surface area contributed by atoms with E-state index in [1.54, 1.807) is 0 Å². The second kappa shape index (κ2) is 7.46. The first kappa shape index (κ1) is 15.1. The van der Waals surface area contributed by atoms with Gasteiger partial charge in [-0.1, -0.05) is 47.1 Å². The quantitative estimate of drug-likeness (QED) is 0.850. The smallest absolute Gasteiger partial charge is 0.119 e. The van der Waals surface area contributed by atoms with Gasteiger partial charge in [0.2, 0.25) is 0 Å². The lowest BCUT2D eigenvalue weighted by atomic mass is 10.1. The molecular formula is C17H20BrNO. The van der Waals surface area contributed by atoms with Gasteiger partial charge >= 0.3 is 0 Å². The first-order valence-electron chi connectivity index (χ1n) is 6.86. The van der Waals surface area contributed by atoms with E-state index in [9.17, 15) is 0 Å². The standard InChI is InChI=1S/C17H20BrNO/c1-3-13-5-8-16(9-6-13)20-12-15-7-4-14(11-19-2)10-17(15)18/h4-10,19H,3,11-12H2,1-2H3. The Kier molecular flexibility index (Phi) is 5.62. The van der Waals surface area contributed by atoms with E-state index >= 15 is 0 Å². The molecular weight excluding hydrogens is 314 g/mol. The van der Waals surface area contributed by atoms with Crippen LogP contribution < -0.4 is 10.1 Å². The van der Waals surface area contributed by atoms with E-state index in [1.165, 1.54) is 11.1 Å². The molecule has 0 atom stereocenters. The zero-order chi connectivity index (χ0) is 14.4. The number of rotatable bonds is 6. The van der Waals surface area contributed by atoms with Crippen molar-refractivity contribution in [3.63, 3.8) is 0 Å². The third-order valence-corrected chi connectivity index (χ3v) is 3.96. The maximum Gasteiger partial charge on any atom is 0.119 e. The molecule has 0 aliphatic carbocycles. The molecule has 0 amide bonds. The van der Waals surface area contributed by atoms with Crippen molar-refractivity contribution in [2.24, 2.45) is 0 Å². The fourth-order valence-electron chi connectivity index (χ4n) is 2.00. The number of hydrogen-bond donors (Lipinski definition) is 1. The summed E-state index contributed by atoms with van der Waals surface area (Å²) in [6, 6.07) is 14.7. The fraction of sp³-hybridized carbons (Fsp3) is 0.294. The van der Waals surface area contributed by atoms with Gasteiger partial charge in [0.05, 0.1) is 0 Å². The molecule has 0 radical (unpaired) electrons. The van der Waals surface area contributed by atoms with E-state index in [2.05, 4.69) is 58.5 Å². The third-order valence-electron chi connectivity index (χ3n) is 3.22. The maximum atomic E-state index is 5.83. The predicted molar refractivity (Wildman–Crippen MR) is 87.1 cm³/mol. The summed E-state index contributed by atoms with van der Waals surface area (Å²) in [6.45, 7) is 3.60. The Balaban J connectivity index is 1.99. The van der Waals surface area contributed by atoms with Crippen molar-refractivity contribution in [1.29, 1.82) is 0 Å². The van der Waals surface area contributed by atoms with Crippen LogP contribution in [-0.4, -0.2) is 7.05 Å². The molecule has 0 aliphatic rings. The van der Waals surface area contributed by atoms with Gasteiger partial charge in [-0.2, -0.15) is 0 Å². The molecule has 0 spiro atoms. The molecule has 0 unspecified atom stereocenters. The van der Waals surface area contributed by atoms with Gasteiger partial charge in [-0.15, -0.1) is 0 Å². The first-order chi connectivity index (χ1) is 9.72. The van der Waals surface area contributed by atoms with E-state index in [-0.39, 0.29) is 0 Å². The largest absolute Gasteiger partial charge is 0.489 e. The minimum atomic E-state index is 0.575. The van der Waals surface area contributed by atoms with Crippen LogP contribution in [0.3, 0.4) is 0 Å². The summed E-state index contributed by atoms with van der Waals surface area (Å²) in [5.74, 6) is 0.911. The van der Waals surface area contributed by atoms with Crippen LogP contribution in [0.15, 0.2) is 46.9 Å². The summed E-state index contributed by atoms with van der Waals surface area (Å²) < 4.78 is 6.92. The Morgan fingerprint density at radius 1 is 1.05 bits per heavy atom. The summed E-state index contributed by atoms with van der Waals surface area (Å²) in [5, 5.41) is 3.15. The highest BCUT2D eigenvalue weighted by Gasteiger charge is 2.03. The normalized spacial score (nSPS) is 10.6. The highest BCUT2D eigenvalue weighted by Crippen LogP contribution is 2.21. The molecule has 1 N–H and O–H groups in total. The van der Waals surface area contributed by atoms with Gasteiger partial charge in [-0.05, 0) is 42.8 Å². The third kappa shape index (κ3) is 4.09. The lowest BCUT2D eigenvalue weighted by Crippen LogP contribution is -2.05. The molecule has 20 heavy (non-hydrogen) atoms. The minimum Gasteiger partial charge on any atom is -0.489 e. The van der Waals surface area contributed by atoms with Crippen LogP contribution in [0.5, 0.6) is 5.75 Å². The Morgan fingerprint density at radius 2 is 1.75 bits per heavy atom. The molecule has 0 aliphatic heterocycles. The topological polar surface area (TPSA) is 21.3 Å². The van der Waals surface area contributed by atoms with Crippen molar-refractivity contribution in [2.75, 3.05) is 7.05 Å². The van der Waals surface area contributed by atoms with E-state index in [0.717, 1.165) is 28.8 Å². The molecule has 0 aromatic heterocycles. The molecule has 0 bridgehead atoms. The first-order valence-corrected chi connectivity index (χ1v) is 7.66. The summed E-state index contributed by atoms with van der Waals surface area (Å²) in [6.07, 6.45) is 1.05. The number of nitrogens with one attached hydrogen (secondary N) is 1. The van der Waals surface area contributed by atoms with Gasteiger partial charge in [-0.3, -0.25) is 0 Å². The Labute approximate surface area is 129 Å². The Hall–Kier alpha value is -1.32. The van der Waals surface area contributed by atoms with Crippen molar-refractivity contribution >= 4 is 15.9 Å². The highest BCUT2D eigenvalue weighted by atomic mass is 79.9. The average Bonchev–Trinajstić information content (AvgIpc) is 2.47. The molecule has 2 rings (SSSR count). The van der Waals surface area contributed by atoms with Crippen LogP contribution in [0.2, 0.25) is 0 Å². The zero-order valence-electron chi connectivity index (χ0n) is 11.9. The van der Waals surface area contributed by atoms with E-state index in [0.29, 0.717) is 6.61 Å². The van der Waals surface area contributed by atoms with E-state index < -0.39 is 0 Å². The lowest BCUT2D eigenvalue weighted by molar-refractivity contribution is 0.305. The number of benzene rings is 2. The minimum absolute atomic E-state index is 0.575. The van der Waals surface area contributed by atoms with Gasteiger partial charge in [0, 0.05) is 16.6 Å². The molecule has 106 valence electrons. The Bertz CT molecular complexity index is 551. The Morgan fingerprint density at radius 3 is 2.35 bits per heavy atom. The molecule has 0 heterocycles. The maximum absolute atomic E-state index is 5.83. The summed E-state index contributed by atoms with van der Waals surface area (Å²) in [7, 11) is 1.95. The molecule has 2 aromatic carbocycles. The molecule has 3 heteroatoms. The summed E-state index contributed by atoms with van der Waals surface area (Å²) in [5.41, 5.74) is 3.75. The van der Waals surface area contributed by atoms with Crippen molar-refractivity contribution in [1.82, 2.24) is 5.32 Å². The zero-order valence-corrected chi connectivity index (χ0v) is 13.5. The monoisotopic (exact) mass is 333 g/mol. The summed E-state index contributed by atoms with van der Waals surface area (Å²) >= 11 is 3.61. The van der Waals surface area contributed by atoms with Crippen molar-refractivity contribution in [3.8, 4) is 5.75 Å². The SMILES string of the molecule is CCc1ccc(OCc2ccc(CNC)cc2Br)cc1. The second-order valence-electron chi connectivity index (χ2n) is 4.74. The number of halogens is 1. The van der Waals surface area contributed by atoms with Crippen molar-refractivity contribution < 1.29 is 4.74 Å². The van der Waals surface area contributed by atoms with Crippen LogP contribution in [0.25, 0.3) is 0 Å². The van der Waals surface area contributed by atoms with E-state index in [1.807, 2.05) is 19.2 Å². The molecule has 0 saturated carbocycles. The van der Waals surface area contributed by atoms with Crippen LogP contribution >= 0.6 is 15.9 Å². The highest BCUT2D eigenvalue weighted by molar-refractivity contribution is 9.10. The number of hydrogen-bond acceptors (Lipinski definition) is 2. The summed E-state index contributed by atoms with van der Waals surface area (Å²) in [4.78, 5) is 0. The van der Waals surface area contributed by atoms with E-state index in [4.69, 9.17) is 4.74 Å². The number of ether oxygens (including phenoxy) is 1. The predicted octanol–water partition coefficient (Wildman–Crippen LogP) is 4.31. The van der Waals surface area contributed by atoms with Gasteiger partial charge in [0.25, 0.3) is 0 Å². The van der Waals surface area contributed by atoms with Crippen LogP contribution in [0.4, 0.5) is 0 Å². The van der Waals surface area contributed by atoms with Crippen LogP contribution in [-0.2, 0) is 19.6 Å². The fourth-order valence-corrected chi connectivity index (χ4v) is 2.55. The van der Waals surface area contributed by atoms with Crippen LogP contribution in [0, 0.1) is 0 Å². The van der Waals surface area contributed by atoms with Crippen molar-refractivity contribution in [2.45, 2.75) is 26.5 Å². The van der Waals surface area contributed by atoms with Gasteiger partial charge in [0.1, 0.15) is 12.4 Å². The van der Waals surface area contributed by atoms with Crippen molar-refractivity contribution in [3.05, 3.63) is 63.6 Å². The van der Waals surface area contributed by atoms with Crippen LogP contribution in [0.1, 0.15) is 23.6 Å². The molecule has 0 fully saturated rings. The molecule has 2 nitrogen and oxygen atoms in total. The number of aryl methyl sites for hydroxylation is 1. The van der Waals surface area contributed by atoms with Gasteiger partial charge in [0.15, 0.2) is 0 Å². The lowest BCUT2D eigenvalue weighted by Gasteiger charge is -2.10. The molecule has 0 saturated heterocycles. The van der Waals surface area contributed by atoms with Gasteiger partial charge < -0.3 is 10.1 Å². The second-order valence-corrected chi connectivity index (χ2v) is 5.60. The average molecular weight is 334 g/mol.